The molecule has 28 heavy (non-hydrogen) atoms. The Hall–Kier alpha value is -1.26. The largest absolute Gasteiger partial charge is 0.524 e. The van der Waals surface area contributed by atoms with Gasteiger partial charge in [-0.05, 0) is 21.8 Å². The molecule has 0 saturated heterocycles. The van der Waals surface area contributed by atoms with E-state index in [-0.39, 0.29) is 28.0 Å². The number of rotatable bonds is 3. The second-order valence-electron chi connectivity index (χ2n) is 9.60. The summed E-state index contributed by atoms with van der Waals surface area (Å²) >= 11 is 6.58. The van der Waals surface area contributed by atoms with Crippen molar-refractivity contribution in [1.29, 1.82) is 0 Å². The molecule has 7 heteroatoms. The second-order valence-corrected chi connectivity index (χ2v) is 11.1. The highest BCUT2D eigenvalue weighted by atomic mass is 35.5. The quantitative estimate of drug-likeness (QED) is 0.422. The average molecular weight is 426 g/mol. The normalized spacial score (nSPS) is 19.4. The number of fused-ring (bicyclic) bond motifs is 3. The Kier molecular flexibility index (Phi) is 5.08. The van der Waals surface area contributed by atoms with Crippen LogP contribution in [-0.2, 0) is 4.57 Å². The lowest BCUT2D eigenvalue weighted by Gasteiger charge is -2.55. The van der Waals surface area contributed by atoms with Gasteiger partial charge in [0.05, 0.1) is 5.54 Å². The average Bonchev–Trinajstić information content (AvgIpc) is 2.88. The zero-order valence-corrected chi connectivity index (χ0v) is 18.9. The molecule has 1 aliphatic rings. The van der Waals surface area contributed by atoms with Crippen molar-refractivity contribution in [1.82, 2.24) is 0 Å². The van der Waals surface area contributed by atoms with E-state index >= 15 is 0 Å². The molecule has 5 nitrogen and oxygen atoms in total. The van der Waals surface area contributed by atoms with E-state index in [0.29, 0.717) is 11.3 Å². The first-order valence-electron chi connectivity index (χ1n) is 9.38. The summed E-state index contributed by atoms with van der Waals surface area (Å²) in [5.74, 6) is 0.609. The van der Waals surface area contributed by atoms with E-state index in [2.05, 4.69) is 46.9 Å². The molecule has 1 heterocycles. The molecule has 0 unspecified atom stereocenters. The summed E-state index contributed by atoms with van der Waals surface area (Å²) in [5, 5.41) is 5.30. The Morgan fingerprint density at radius 1 is 1.11 bits per heavy atom. The van der Waals surface area contributed by atoms with Crippen LogP contribution in [0.3, 0.4) is 0 Å². The minimum atomic E-state index is -4.69. The highest BCUT2D eigenvalue weighted by Crippen LogP contribution is 2.61. The Morgan fingerprint density at radius 2 is 1.64 bits per heavy atom. The van der Waals surface area contributed by atoms with Gasteiger partial charge in [-0.3, -0.25) is 9.79 Å². The van der Waals surface area contributed by atoms with Gasteiger partial charge in [0, 0.05) is 28.9 Å². The van der Waals surface area contributed by atoms with Crippen LogP contribution in [0.2, 0.25) is 0 Å². The highest BCUT2D eigenvalue weighted by Gasteiger charge is 2.59. The van der Waals surface area contributed by atoms with Crippen molar-refractivity contribution in [3.05, 3.63) is 35.9 Å². The van der Waals surface area contributed by atoms with Crippen LogP contribution in [0.5, 0.6) is 5.75 Å². The molecule has 3 rings (SSSR count). The van der Waals surface area contributed by atoms with Crippen molar-refractivity contribution in [2.45, 2.75) is 53.0 Å². The van der Waals surface area contributed by atoms with Gasteiger partial charge in [0.15, 0.2) is 0 Å². The van der Waals surface area contributed by atoms with Crippen molar-refractivity contribution in [2.75, 3.05) is 11.2 Å². The molecule has 0 saturated carbocycles. The minimum absolute atomic E-state index is 0.0122. The van der Waals surface area contributed by atoms with E-state index in [4.69, 9.17) is 16.1 Å². The molecule has 0 amide bonds. The molecule has 1 atom stereocenters. The van der Waals surface area contributed by atoms with Crippen molar-refractivity contribution < 1.29 is 18.9 Å². The van der Waals surface area contributed by atoms with Gasteiger partial charge in [-0.15, -0.1) is 11.6 Å². The standard InChI is InChI=1S/C21H29ClNO4P/c1-19(2,3)21(20(4,5)6)15(12-22)18-14-10-8-7-9-13(14)17(11-16(18)23-21)27-28(24,25)26/h7-11,15,23H,12H2,1-6H3,(H2,24,25,26)/t15-/m0/s1. The van der Waals surface area contributed by atoms with Crippen LogP contribution in [0.15, 0.2) is 30.3 Å². The molecule has 0 spiro atoms. The van der Waals surface area contributed by atoms with Gasteiger partial charge in [0.25, 0.3) is 0 Å². The third kappa shape index (κ3) is 3.23. The molecule has 3 N–H and O–H groups in total. The number of alkyl halides is 1. The molecule has 154 valence electrons. The first-order chi connectivity index (χ1) is 12.7. The van der Waals surface area contributed by atoms with Gasteiger partial charge in [-0.2, -0.15) is 0 Å². The summed E-state index contributed by atoms with van der Waals surface area (Å²) in [6, 6.07) is 9.24. The number of hydrogen-bond acceptors (Lipinski definition) is 3. The summed E-state index contributed by atoms with van der Waals surface area (Å²) in [4.78, 5) is 18.8. The van der Waals surface area contributed by atoms with E-state index in [1.807, 2.05) is 24.3 Å². The number of benzene rings is 2. The van der Waals surface area contributed by atoms with Crippen LogP contribution in [0.1, 0.15) is 53.0 Å². The summed E-state index contributed by atoms with van der Waals surface area (Å²) in [7, 11) is -4.69. The number of hydrogen-bond donors (Lipinski definition) is 3. The van der Waals surface area contributed by atoms with Crippen LogP contribution < -0.4 is 9.84 Å². The molecule has 0 aromatic heterocycles. The summed E-state index contributed by atoms with van der Waals surface area (Å²) in [6.07, 6.45) is 0. The lowest BCUT2D eigenvalue weighted by Crippen LogP contribution is -2.60. The molecule has 1 aliphatic heterocycles. The Labute approximate surface area is 171 Å². The molecular formula is C21H29ClNO4P. The topological polar surface area (TPSA) is 78.8 Å². The van der Waals surface area contributed by atoms with Gasteiger partial charge in [0.2, 0.25) is 0 Å². The number of nitrogens with one attached hydrogen (secondary N) is 1. The zero-order chi connectivity index (χ0) is 21.1. The second kappa shape index (κ2) is 6.63. The molecule has 0 bridgehead atoms. The lowest BCUT2D eigenvalue weighted by molar-refractivity contribution is 0.0674. The SMILES string of the molecule is CC(C)(C)C1(C(C)(C)C)Nc2cc(OP(=O)(O)O)c3ccccc3c2[C@@H]1CCl. The maximum absolute atomic E-state index is 11.5. The van der Waals surface area contributed by atoms with E-state index < -0.39 is 7.82 Å². The van der Waals surface area contributed by atoms with Crippen LogP contribution in [-0.4, -0.2) is 21.2 Å². The Morgan fingerprint density at radius 3 is 2.11 bits per heavy atom. The third-order valence-corrected chi connectivity index (χ3v) is 6.73. The minimum Gasteiger partial charge on any atom is -0.404 e. The maximum atomic E-state index is 11.5. The third-order valence-electron chi connectivity index (χ3n) is 5.99. The van der Waals surface area contributed by atoms with Crippen LogP contribution in [0, 0.1) is 10.8 Å². The van der Waals surface area contributed by atoms with Crippen LogP contribution >= 0.6 is 19.4 Å². The van der Waals surface area contributed by atoms with E-state index in [1.54, 1.807) is 6.07 Å². The number of anilines is 1. The Bertz CT molecular complexity index is 941. The number of phosphoric acid groups is 1. The predicted octanol–water partition coefficient (Wildman–Crippen LogP) is 5.89. The molecule has 2 aromatic rings. The van der Waals surface area contributed by atoms with E-state index in [9.17, 15) is 14.4 Å². The molecular weight excluding hydrogens is 397 g/mol. The number of phosphoric ester groups is 1. The summed E-state index contributed by atoms with van der Waals surface area (Å²) in [6.45, 7) is 13.2. The maximum Gasteiger partial charge on any atom is 0.524 e. The van der Waals surface area contributed by atoms with Gasteiger partial charge >= 0.3 is 7.82 Å². The zero-order valence-electron chi connectivity index (χ0n) is 17.2. The van der Waals surface area contributed by atoms with Crippen molar-refractivity contribution in [2.24, 2.45) is 10.8 Å². The highest BCUT2D eigenvalue weighted by molar-refractivity contribution is 7.46. The van der Waals surface area contributed by atoms with Crippen molar-refractivity contribution in [3.63, 3.8) is 0 Å². The van der Waals surface area contributed by atoms with Gasteiger partial charge in [0.1, 0.15) is 5.75 Å². The fraction of sp³-hybridized carbons (Fsp3) is 0.524. The van der Waals surface area contributed by atoms with E-state index in [0.717, 1.165) is 16.6 Å². The molecule has 0 fully saturated rings. The summed E-state index contributed by atoms with van der Waals surface area (Å²) < 4.78 is 16.6. The molecule has 0 aliphatic carbocycles. The fourth-order valence-corrected chi connectivity index (χ4v) is 6.09. The number of halogens is 1. The van der Waals surface area contributed by atoms with Gasteiger partial charge < -0.3 is 9.84 Å². The first-order valence-corrected chi connectivity index (χ1v) is 11.4. The first kappa shape index (κ1) is 21.4. The van der Waals surface area contributed by atoms with Gasteiger partial charge in [-0.25, -0.2) is 4.57 Å². The van der Waals surface area contributed by atoms with Crippen LogP contribution in [0.4, 0.5) is 5.69 Å². The monoisotopic (exact) mass is 425 g/mol. The van der Waals surface area contributed by atoms with Gasteiger partial charge in [-0.1, -0.05) is 65.8 Å². The van der Waals surface area contributed by atoms with E-state index in [1.165, 1.54) is 0 Å². The lowest BCUT2D eigenvalue weighted by atomic mass is 9.55. The predicted molar refractivity (Wildman–Crippen MR) is 115 cm³/mol. The van der Waals surface area contributed by atoms with Crippen LogP contribution in [0.25, 0.3) is 10.8 Å². The fourth-order valence-electron chi connectivity index (χ4n) is 5.30. The molecule has 2 aromatic carbocycles. The van der Waals surface area contributed by atoms with Crippen molar-refractivity contribution >= 4 is 35.9 Å². The van der Waals surface area contributed by atoms with Crippen molar-refractivity contribution in [3.8, 4) is 5.75 Å². The smallest absolute Gasteiger partial charge is 0.404 e. The summed E-state index contributed by atoms with van der Waals surface area (Å²) in [5.41, 5.74) is 1.24. The Balaban J connectivity index is 2.36. The molecule has 0 radical (unpaired) electrons.